The molecule has 2 rings (SSSR count). The van der Waals surface area contributed by atoms with E-state index in [1.165, 1.54) is 0 Å². The molecule has 0 aromatic heterocycles. The molecule has 0 unspecified atom stereocenters. The maximum Gasteiger partial charge on any atom is 0.101 e. The van der Waals surface area contributed by atoms with Crippen molar-refractivity contribution in [1.29, 1.82) is 10.5 Å². The third-order valence-electron chi connectivity index (χ3n) is 3.05. The number of rotatable bonds is 3. The molecule has 2 aromatic carbocycles. The minimum Gasteiger partial charge on any atom is -0.381 e. The van der Waals surface area contributed by atoms with E-state index in [1.807, 2.05) is 37.3 Å². The average Bonchev–Trinajstić information content (AvgIpc) is 2.46. The largest absolute Gasteiger partial charge is 0.381 e. The van der Waals surface area contributed by atoms with Crippen LogP contribution in [0.15, 0.2) is 36.4 Å². The molecule has 0 saturated carbocycles. The van der Waals surface area contributed by atoms with Crippen molar-refractivity contribution in [2.45, 2.75) is 13.5 Å². The summed E-state index contributed by atoms with van der Waals surface area (Å²) in [4.78, 5) is 0. The number of hydrogen-bond acceptors (Lipinski definition) is 3. The summed E-state index contributed by atoms with van der Waals surface area (Å²) in [6.07, 6.45) is 0. The molecular weight excluding hydrogens is 270 g/mol. The first kappa shape index (κ1) is 13.9. The molecule has 0 atom stereocenters. The minimum absolute atomic E-state index is 0.380. The van der Waals surface area contributed by atoms with E-state index in [1.54, 1.807) is 18.2 Å². The number of halogens is 1. The van der Waals surface area contributed by atoms with Gasteiger partial charge in [0.05, 0.1) is 11.1 Å². The van der Waals surface area contributed by atoms with Gasteiger partial charge in [-0.25, -0.2) is 0 Å². The number of hydrogen-bond donors (Lipinski definition) is 1. The van der Waals surface area contributed by atoms with E-state index >= 15 is 0 Å². The van der Waals surface area contributed by atoms with Crippen molar-refractivity contribution in [1.82, 2.24) is 0 Å². The van der Waals surface area contributed by atoms with Crippen LogP contribution in [0.3, 0.4) is 0 Å². The Balaban J connectivity index is 2.16. The third kappa shape index (κ3) is 3.09. The van der Waals surface area contributed by atoms with Crippen LogP contribution in [0.2, 0.25) is 5.02 Å². The topological polar surface area (TPSA) is 59.6 Å². The number of nitrogens with one attached hydrogen (secondary N) is 1. The van der Waals surface area contributed by atoms with Gasteiger partial charge in [0.15, 0.2) is 0 Å². The molecule has 0 radical (unpaired) electrons. The van der Waals surface area contributed by atoms with E-state index in [9.17, 15) is 0 Å². The van der Waals surface area contributed by atoms with Gasteiger partial charge in [-0.2, -0.15) is 10.5 Å². The quantitative estimate of drug-likeness (QED) is 0.925. The number of nitriles is 2. The Labute approximate surface area is 123 Å². The van der Waals surface area contributed by atoms with Crippen molar-refractivity contribution >= 4 is 17.3 Å². The van der Waals surface area contributed by atoms with Gasteiger partial charge in [-0.3, -0.25) is 0 Å². The number of benzene rings is 2. The second-order valence-electron chi connectivity index (χ2n) is 4.41. The first-order valence-electron chi connectivity index (χ1n) is 6.07. The zero-order valence-electron chi connectivity index (χ0n) is 10.9. The molecule has 98 valence electrons. The van der Waals surface area contributed by atoms with Crippen LogP contribution in [0.5, 0.6) is 0 Å². The Morgan fingerprint density at radius 2 is 1.80 bits per heavy atom. The smallest absolute Gasteiger partial charge is 0.101 e. The average molecular weight is 282 g/mol. The van der Waals surface area contributed by atoms with Gasteiger partial charge in [0.2, 0.25) is 0 Å². The van der Waals surface area contributed by atoms with Gasteiger partial charge in [-0.1, -0.05) is 17.7 Å². The fraction of sp³-hybridized carbons (Fsp3) is 0.125. The molecule has 0 aliphatic heterocycles. The minimum atomic E-state index is 0.380. The van der Waals surface area contributed by atoms with E-state index in [2.05, 4.69) is 5.32 Å². The summed E-state index contributed by atoms with van der Waals surface area (Å²) in [6.45, 7) is 2.64. The first-order valence-corrected chi connectivity index (χ1v) is 6.45. The molecule has 3 nitrogen and oxygen atoms in total. The van der Waals surface area contributed by atoms with Crippen molar-refractivity contribution < 1.29 is 0 Å². The van der Waals surface area contributed by atoms with E-state index in [0.29, 0.717) is 17.7 Å². The lowest BCUT2D eigenvalue weighted by atomic mass is 10.1. The highest BCUT2D eigenvalue weighted by atomic mass is 35.5. The van der Waals surface area contributed by atoms with Crippen molar-refractivity contribution in [2.24, 2.45) is 0 Å². The van der Waals surface area contributed by atoms with Gasteiger partial charge in [0.25, 0.3) is 0 Å². The van der Waals surface area contributed by atoms with Crippen LogP contribution < -0.4 is 5.32 Å². The Morgan fingerprint density at radius 3 is 2.45 bits per heavy atom. The Kier molecular flexibility index (Phi) is 4.25. The second kappa shape index (κ2) is 6.10. The molecule has 0 aliphatic rings. The van der Waals surface area contributed by atoms with Crippen LogP contribution in [0.4, 0.5) is 5.69 Å². The zero-order chi connectivity index (χ0) is 14.5. The summed E-state index contributed by atoms with van der Waals surface area (Å²) in [6, 6.07) is 14.9. The van der Waals surface area contributed by atoms with Gasteiger partial charge < -0.3 is 5.32 Å². The standard InChI is InChI=1S/C16H12ClN3/c1-11-6-15(17)4-2-13(11)10-20-16-5-3-12(8-18)14(7-16)9-19/h2-7,20H,10H2,1H3. The summed E-state index contributed by atoms with van der Waals surface area (Å²) < 4.78 is 0. The summed E-state index contributed by atoms with van der Waals surface area (Å²) in [5.74, 6) is 0. The molecule has 0 bridgehead atoms. The zero-order valence-corrected chi connectivity index (χ0v) is 11.7. The van der Waals surface area contributed by atoms with Crippen LogP contribution in [0.25, 0.3) is 0 Å². The molecule has 20 heavy (non-hydrogen) atoms. The summed E-state index contributed by atoms with van der Waals surface area (Å²) in [7, 11) is 0. The highest BCUT2D eigenvalue weighted by Gasteiger charge is 2.04. The van der Waals surface area contributed by atoms with Crippen molar-refractivity contribution in [3.8, 4) is 12.1 Å². The van der Waals surface area contributed by atoms with Gasteiger partial charge in [-0.15, -0.1) is 0 Å². The lowest BCUT2D eigenvalue weighted by Gasteiger charge is -2.10. The highest BCUT2D eigenvalue weighted by Crippen LogP contribution is 2.18. The SMILES string of the molecule is Cc1cc(Cl)ccc1CNc1ccc(C#N)c(C#N)c1. The second-order valence-corrected chi connectivity index (χ2v) is 4.84. The molecule has 0 fully saturated rings. The van der Waals surface area contributed by atoms with Crippen molar-refractivity contribution in [3.05, 3.63) is 63.7 Å². The van der Waals surface area contributed by atoms with Crippen molar-refractivity contribution in [2.75, 3.05) is 5.32 Å². The Morgan fingerprint density at radius 1 is 1.05 bits per heavy atom. The van der Waals surface area contributed by atoms with Crippen LogP contribution >= 0.6 is 11.6 Å². The summed E-state index contributed by atoms with van der Waals surface area (Å²) in [5.41, 5.74) is 3.83. The van der Waals surface area contributed by atoms with Crippen molar-refractivity contribution in [3.63, 3.8) is 0 Å². The molecule has 0 aliphatic carbocycles. The number of nitrogens with zero attached hydrogens (tertiary/aromatic N) is 2. The fourth-order valence-electron chi connectivity index (χ4n) is 1.90. The monoisotopic (exact) mass is 281 g/mol. The number of anilines is 1. The first-order chi connectivity index (χ1) is 9.63. The molecule has 0 heterocycles. The van der Waals surface area contributed by atoms with Crippen LogP contribution in [0.1, 0.15) is 22.3 Å². The van der Waals surface area contributed by atoms with Gasteiger partial charge in [0.1, 0.15) is 12.1 Å². The van der Waals surface area contributed by atoms with E-state index in [-0.39, 0.29) is 0 Å². The van der Waals surface area contributed by atoms with Gasteiger partial charge in [0, 0.05) is 17.3 Å². The third-order valence-corrected chi connectivity index (χ3v) is 3.28. The molecule has 1 N–H and O–H groups in total. The normalized spacial score (nSPS) is 9.60. The highest BCUT2D eigenvalue weighted by molar-refractivity contribution is 6.30. The molecule has 2 aromatic rings. The fourth-order valence-corrected chi connectivity index (χ4v) is 2.13. The predicted octanol–water partition coefficient (Wildman–Crippen LogP) is 4.00. The summed E-state index contributed by atoms with van der Waals surface area (Å²) >= 11 is 5.92. The summed E-state index contributed by atoms with van der Waals surface area (Å²) in [5, 5.41) is 21.8. The maximum absolute atomic E-state index is 8.99. The molecule has 0 saturated heterocycles. The lowest BCUT2D eigenvalue weighted by molar-refractivity contribution is 1.12. The molecule has 0 amide bonds. The molecular formula is C16H12ClN3. The van der Waals surface area contributed by atoms with Crippen LogP contribution in [0, 0.1) is 29.6 Å². The number of aryl methyl sites for hydroxylation is 1. The predicted molar refractivity (Wildman–Crippen MR) is 79.4 cm³/mol. The van der Waals surface area contributed by atoms with Gasteiger partial charge in [-0.05, 0) is 48.4 Å². The van der Waals surface area contributed by atoms with E-state index in [4.69, 9.17) is 22.1 Å². The van der Waals surface area contributed by atoms with E-state index < -0.39 is 0 Å². The van der Waals surface area contributed by atoms with E-state index in [0.717, 1.165) is 21.8 Å². The lowest BCUT2D eigenvalue weighted by Crippen LogP contribution is -2.02. The molecule has 0 spiro atoms. The van der Waals surface area contributed by atoms with Gasteiger partial charge >= 0.3 is 0 Å². The Bertz CT molecular complexity index is 723. The van der Waals surface area contributed by atoms with Crippen LogP contribution in [-0.4, -0.2) is 0 Å². The maximum atomic E-state index is 8.99. The molecule has 4 heteroatoms. The van der Waals surface area contributed by atoms with Crippen LogP contribution in [-0.2, 0) is 6.54 Å². The Hall–Kier alpha value is -2.49.